The molecule has 3 heterocycles. The van der Waals surface area contributed by atoms with Crippen LogP contribution in [0.5, 0.6) is 0 Å². The van der Waals surface area contributed by atoms with Crippen molar-refractivity contribution in [2.75, 3.05) is 9.80 Å². The Morgan fingerprint density at radius 1 is 0.219 bits per heavy atom. The van der Waals surface area contributed by atoms with Gasteiger partial charge in [-0.15, -0.1) is 0 Å². The molecule has 0 radical (unpaired) electrons. The van der Waals surface area contributed by atoms with Gasteiger partial charge in [0.2, 0.25) is 0 Å². The largest absolute Gasteiger partial charge is 0.311 e. The zero-order valence-electron chi connectivity index (χ0n) is 52.9. The van der Waals surface area contributed by atoms with E-state index in [1.165, 1.54) is 74.2 Å². The molecule has 18 rings (SSSR count). The molecule has 0 unspecified atom stereocenters. The molecule has 96 heavy (non-hydrogen) atoms. The summed E-state index contributed by atoms with van der Waals surface area (Å²) >= 11 is 0. The maximum absolute atomic E-state index is 3.14. The van der Waals surface area contributed by atoms with Gasteiger partial charge >= 0.3 is 0 Å². The van der Waals surface area contributed by atoms with Gasteiger partial charge in [0.15, 0.2) is 16.1 Å². The molecule has 2 aliphatic rings. The first-order valence-corrected chi connectivity index (χ1v) is 37.3. The maximum Gasteiger partial charge on any atom is 0.252 e. The van der Waals surface area contributed by atoms with Gasteiger partial charge in [-0.05, 0) is 129 Å². The molecule has 0 N–H and O–H groups in total. The molecule has 450 valence electrons. The van der Waals surface area contributed by atoms with Crippen LogP contribution in [0.4, 0.5) is 34.1 Å². The molecule has 16 aromatic rings. The quantitative estimate of drug-likeness (QED) is 0.0842. The van der Waals surface area contributed by atoms with Crippen molar-refractivity contribution in [2.24, 2.45) is 0 Å². The lowest BCUT2D eigenvalue weighted by molar-refractivity contribution is 1.16. The fourth-order valence-corrected chi connectivity index (χ4v) is 26.0. The summed E-state index contributed by atoms with van der Waals surface area (Å²) in [6, 6.07) is 147. The normalized spacial score (nSPS) is 12.5. The summed E-state index contributed by atoms with van der Waals surface area (Å²) in [6.45, 7) is -0.196. The Hall–Kier alpha value is -11.8. The summed E-state index contributed by atoms with van der Waals surface area (Å²) in [5, 5.41) is 13.0. The van der Waals surface area contributed by atoms with E-state index in [0.29, 0.717) is 0 Å². The lowest BCUT2D eigenvalue weighted by Crippen LogP contribution is -2.75. The fourth-order valence-electron chi connectivity index (χ4n) is 16.4. The van der Waals surface area contributed by atoms with Crippen LogP contribution in [-0.4, -0.2) is 27.4 Å². The van der Waals surface area contributed by atoms with E-state index in [2.05, 4.69) is 403 Å². The van der Waals surface area contributed by atoms with Crippen molar-refractivity contribution in [1.82, 2.24) is 4.57 Å². The summed E-state index contributed by atoms with van der Waals surface area (Å²) in [4.78, 5) is 5.32. The Morgan fingerprint density at radius 3 is 1.10 bits per heavy atom. The van der Waals surface area contributed by atoms with Crippen molar-refractivity contribution >= 4 is 137 Å². The molecule has 0 atom stereocenters. The van der Waals surface area contributed by atoms with E-state index in [4.69, 9.17) is 0 Å². The van der Waals surface area contributed by atoms with Crippen LogP contribution in [0.3, 0.4) is 0 Å². The number of anilines is 6. The second-order valence-electron chi connectivity index (χ2n) is 25.4. The van der Waals surface area contributed by atoms with Crippen molar-refractivity contribution in [3.8, 4) is 27.9 Å². The summed E-state index contributed by atoms with van der Waals surface area (Å²) in [7, 11) is -6.24. The van der Waals surface area contributed by atoms with Gasteiger partial charge in [-0.1, -0.05) is 334 Å². The molecule has 0 aliphatic carbocycles. The highest BCUT2D eigenvalue weighted by Crippen LogP contribution is 2.49. The molecule has 15 aromatic carbocycles. The number of nitrogens with zero attached hydrogens (tertiary/aromatic N) is 3. The minimum atomic E-state index is -3.14. The lowest BCUT2D eigenvalue weighted by atomic mass is 9.33. The molecular weight excluding hydrogens is 1190 g/mol. The van der Waals surface area contributed by atoms with Crippen molar-refractivity contribution in [2.45, 2.75) is 0 Å². The number of fused-ring (bicyclic) bond motifs is 7. The van der Waals surface area contributed by atoms with Gasteiger partial charge < -0.3 is 14.4 Å². The average Bonchev–Trinajstić information content (AvgIpc) is 0.798. The number of benzene rings is 15. The first-order valence-electron chi connectivity index (χ1n) is 33.3. The number of hydrogen-bond donors (Lipinski definition) is 0. The molecule has 0 saturated carbocycles. The predicted molar refractivity (Wildman–Crippen MR) is 413 cm³/mol. The zero-order valence-corrected chi connectivity index (χ0v) is 54.9. The number of aromatic nitrogens is 1. The van der Waals surface area contributed by atoms with E-state index in [1.807, 2.05) is 0 Å². The van der Waals surface area contributed by atoms with Gasteiger partial charge in [0.05, 0.1) is 22.4 Å². The standard InChI is InChI=1S/C90H64BN3Si2/c1-9-32-65(33-10-1)67-56-58-81-86(60-67)94(83-53-28-25-50-78(83)66-34-11-2-12-35-66)89-63-69(93-84-54-29-26-51-79(84)80-52-27-30-55-85(80)93)62-88-90(89)91(81)82-59-57-77(96(73-43-19-6-20-44-73,74-45-21-7-22-46-74)75-47-23-8-24-48-75)64-87(82)92(88)68-36-31-49-76(61-68)95(70-37-13-3-14-38-70,71-39-15-4-16-40-71)72-41-17-5-18-42-72/h1-64H. The van der Waals surface area contributed by atoms with Gasteiger partial charge in [0.1, 0.15) is 0 Å². The molecule has 0 fully saturated rings. The highest BCUT2D eigenvalue weighted by Gasteiger charge is 2.48. The van der Waals surface area contributed by atoms with Crippen molar-refractivity contribution in [3.63, 3.8) is 0 Å². The van der Waals surface area contributed by atoms with Gasteiger partial charge in [-0.3, -0.25) is 0 Å². The summed E-state index contributed by atoms with van der Waals surface area (Å²) in [5.74, 6) is 0. The summed E-state index contributed by atoms with van der Waals surface area (Å²) < 4.78 is 2.53. The molecule has 0 amide bonds. The highest BCUT2D eigenvalue weighted by molar-refractivity contribution is 7.20. The van der Waals surface area contributed by atoms with E-state index in [1.54, 1.807) is 0 Å². The first-order chi connectivity index (χ1) is 47.7. The minimum absolute atomic E-state index is 0.196. The van der Waals surface area contributed by atoms with E-state index < -0.39 is 16.1 Å². The Kier molecular flexibility index (Phi) is 14.0. The SMILES string of the molecule is c1ccc(-c2ccc3c(c2)N(c2ccccc2-c2ccccc2)c2cc(-n4c5ccccc5c5ccccc54)cc4c2B3c2ccc([Si](c3ccccc3)(c3ccccc3)c3ccccc3)cc2N4c2cccc([Si](c3ccccc3)(c3ccccc3)c3ccccc3)c2)cc1. The first kappa shape index (κ1) is 56.9. The minimum Gasteiger partial charge on any atom is -0.311 e. The number of para-hydroxylation sites is 3. The second-order valence-corrected chi connectivity index (χ2v) is 33.0. The van der Waals surface area contributed by atoms with E-state index in [9.17, 15) is 0 Å². The monoisotopic (exact) mass is 1250 g/mol. The van der Waals surface area contributed by atoms with Crippen LogP contribution in [0.25, 0.3) is 49.7 Å². The van der Waals surface area contributed by atoms with Crippen LogP contribution in [0.1, 0.15) is 0 Å². The van der Waals surface area contributed by atoms with Crippen molar-refractivity contribution in [3.05, 3.63) is 388 Å². The van der Waals surface area contributed by atoms with E-state index in [-0.39, 0.29) is 6.71 Å². The Balaban J connectivity index is 1.01. The average molecular weight is 1250 g/mol. The Bertz CT molecular complexity index is 5290. The molecule has 0 spiro atoms. The number of rotatable bonds is 13. The molecular formula is C90H64BN3Si2. The number of hydrogen-bond acceptors (Lipinski definition) is 2. The van der Waals surface area contributed by atoms with E-state index in [0.717, 1.165) is 67.5 Å². The van der Waals surface area contributed by atoms with Crippen LogP contribution < -0.4 is 67.7 Å². The van der Waals surface area contributed by atoms with E-state index >= 15 is 0 Å². The summed E-state index contributed by atoms with van der Waals surface area (Å²) in [6.07, 6.45) is 0. The van der Waals surface area contributed by atoms with Crippen LogP contribution >= 0.6 is 0 Å². The molecule has 2 aliphatic heterocycles. The Morgan fingerprint density at radius 2 is 0.604 bits per heavy atom. The van der Waals surface area contributed by atoms with Crippen molar-refractivity contribution in [1.29, 1.82) is 0 Å². The van der Waals surface area contributed by atoms with Crippen molar-refractivity contribution < 1.29 is 0 Å². The fraction of sp³-hybridized carbons (Fsp3) is 0. The molecule has 0 saturated heterocycles. The molecule has 3 nitrogen and oxygen atoms in total. The zero-order chi connectivity index (χ0) is 63.6. The van der Waals surface area contributed by atoms with Gasteiger partial charge in [-0.2, -0.15) is 0 Å². The maximum atomic E-state index is 2.69. The van der Waals surface area contributed by atoms with Crippen LogP contribution in [-0.2, 0) is 0 Å². The third-order valence-corrected chi connectivity index (χ3v) is 30.0. The third kappa shape index (κ3) is 9.01. The highest BCUT2D eigenvalue weighted by atomic mass is 28.3. The van der Waals surface area contributed by atoms with Crippen LogP contribution in [0.15, 0.2) is 388 Å². The molecule has 6 heteroatoms. The third-order valence-electron chi connectivity index (χ3n) is 20.4. The lowest BCUT2D eigenvalue weighted by Gasteiger charge is -2.46. The Labute approximate surface area is 563 Å². The molecule has 0 bridgehead atoms. The van der Waals surface area contributed by atoms with Gasteiger partial charge in [-0.25, -0.2) is 0 Å². The topological polar surface area (TPSA) is 11.4 Å². The van der Waals surface area contributed by atoms with Gasteiger partial charge in [0, 0.05) is 44.8 Å². The predicted octanol–water partition coefficient (Wildman–Crippen LogP) is 15.0. The van der Waals surface area contributed by atoms with Crippen LogP contribution in [0, 0.1) is 0 Å². The smallest absolute Gasteiger partial charge is 0.252 e. The summed E-state index contributed by atoms with van der Waals surface area (Å²) in [5.41, 5.74) is 18.6. The van der Waals surface area contributed by atoms with Crippen LogP contribution in [0.2, 0.25) is 0 Å². The second kappa shape index (κ2) is 23.6. The van der Waals surface area contributed by atoms with Gasteiger partial charge in [0.25, 0.3) is 6.71 Å². The molecule has 1 aromatic heterocycles.